The fourth-order valence-corrected chi connectivity index (χ4v) is 0.735. The molecule has 0 amide bonds. The van der Waals surface area contributed by atoms with Crippen molar-refractivity contribution in [2.75, 3.05) is 12.3 Å². The first kappa shape index (κ1) is 7.75. The van der Waals surface area contributed by atoms with Crippen LogP contribution in [0.3, 0.4) is 0 Å². The molecular weight excluding hydrogens is 140 g/mol. The summed E-state index contributed by atoms with van der Waals surface area (Å²) in [7, 11) is 0. The van der Waals surface area contributed by atoms with Crippen LogP contribution in [0.1, 0.15) is 5.69 Å². The van der Waals surface area contributed by atoms with Crippen LogP contribution in [0.4, 0.5) is 5.82 Å². The average molecular weight is 150 g/mol. The molecule has 0 aliphatic carbocycles. The fraction of sp³-hybridized carbons (Fsp3) is 0.125. The number of nitrogens with two attached hydrogens (primary N) is 1. The number of aliphatic hydroxyl groups is 1. The van der Waals surface area contributed by atoms with Crippen LogP contribution in [-0.4, -0.2) is 16.7 Å². The highest BCUT2D eigenvalue weighted by Gasteiger charge is 1.87. The van der Waals surface area contributed by atoms with E-state index in [1.54, 1.807) is 18.2 Å². The zero-order valence-electron chi connectivity index (χ0n) is 6.07. The van der Waals surface area contributed by atoms with E-state index < -0.39 is 0 Å². The van der Waals surface area contributed by atoms with E-state index in [2.05, 4.69) is 4.98 Å². The predicted molar refractivity (Wildman–Crippen MR) is 44.8 cm³/mol. The van der Waals surface area contributed by atoms with Crippen molar-refractivity contribution in [3.63, 3.8) is 0 Å². The van der Waals surface area contributed by atoms with Gasteiger partial charge in [-0.05, 0) is 18.2 Å². The predicted octanol–water partition coefficient (Wildman–Crippen LogP) is 0.669. The van der Waals surface area contributed by atoms with E-state index in [0.29, 0.717) is 5.82 Å². The van der Waals surface area contributed by atoms with Gasteiger partial charge < -0.3 is 10.8 Å². The van der Waals surface area contributed by atoms with Crippen molar-refractivity contribution in [2.45, 2.75) is 0 Å². The summed E-state index contributed by atoms with van der Waals surface area (Å²) < 4.78 is 0. The fourth-order valence-electron chi connectivity index (χ4n) is 0.735. The molecule has 0 radical (unpaired) electrons. The lowest BCUT2D eigenvalue weighted by Gasteiger charge is -1.93. The smallest absolute Gasteiger partial charge is 0.124 e. The molecule has 0 aliphatic heterocycles. The van der Waals surface area contributed by atoms with Crippen molar-refractivity contribution in [3.05, 3.63) is 30.0 Å². The lowest BCUT2D eigenvalue weighted by Crippen LogP contribution is -1.90. The van der Waals surface area contributed by atoms with E-state index in [9.17, 15) is 0 Å². The minimum atomic E-state index is 0.0243. The van der Waals surface area contributed by atoms with Gasteiger partial charge in [0.25, 0.3) is 0 Å². The Hall–Kier alpha value is -1.35. The Bertz CT molecular complexity index is 258. The molecule has 58 valence electrons. The second-order valence-electron chi connectivity index (χ2n) is 2.07. The third-order valence-corrected chi connectivity index (χ3v) is 1.19. The number of rotatable bonds is 2. The molecule has 0 saturated carbocycles. The topological polar surface area (TPSA) is 59.1 Å². The molecule has 0 saturated heterocycles. The van der Waals surface area contributed by atoms with Gasteiger partial charge in [-0.25, -0.2) is 4.98 Å². The number of nitrogen functional groups attached to an aromatic ring is 1. The molecular formula is C8H10N2O. The van der Waals surface area contributed by atoms with Crippen LogP contribution in [0.5, 0.6) is 0 Å². The van der Waals surface area contributed by atoms with Crippen LogP contribution in [0, 0.1) is 0 Å². The molecule has 3 N–H and O–H groups in total. The third kappa shape index (κ3) is 2.39. The van der Waals surface area contributed by atoms with E-state index in [-0.39, 0.29) is 6.61 Å². The van der Waals surface area contributed by atoms with Gasteiger partial charge in [-0.3, -0.25) is 0 Å². The number of aromatic nitrogens is 1. The molecule has 1 heterocycles. The largest absolute Gasteiger partial charge is 0.392 e. The maximum Gasteiger partial charge on any atom is 0.124 e. The van der Waals surface area contributed by atoms with Gasteiger partial charge in [0.2, 0.25) is 0 Å². The summed E-state index contributed by atoms with van der Waals surface area (Å²) in [6.07, 6.45) is 3.33. The highest BCUT2D eigenvalue weighted by molar-refractivity contribution is 5.47. The Morgan fingerprint density at radius 2 is 2.36 bits per heavy atom. The molecule has 0 aromatic carbocycles. The van der Waals surface area contributed by atoms with Crippen molar-refractivity contribution >= 4 is 11.9 Å². The maximum absolute atomic E-state index is 8.45. The van der Waals surface area contributed by atoms with Gasteiger partial charge in [0, 0.05) is 0 Å². The Morgan fingerprint density at radius 1 is 1.55 bits per heavy atom. The summed E-state index contributed by atoms with van der Waals surface area (Å²) in [6.45, 7) is 0.0243. The standard InChI is InChI=1S/C8H10N2O/c9-8-5-1-3-7(10-8)4-2-6-11/h1-5,11H,6H2,(H2,9,10). The summed E-state index contributed by atoms with van der Waals surface area (Å²) in [5, 5.41) is 8.45. The van der Waals surface area contributed by atoms with E-state index >= 15 is 0 Å². The molecule has 0 fully saturated rings. The lowest BCUT2D eigenvalue weighted by atomic mass is 10.3. The first-order chi connectivity index (χ1) is 5.33. The molecule has 0 spiro atoms. The average Bonchev–Trinajstić information content (AvgIpc) is 2.01. The number of pyridine rings is 1. The van der Waals surface area contributed by atoms with E-state index in [0.717, 1.165) is 5.69 Å². The molecule has 3 nitrogen and oxygen atoms in total. The Kier molecular flexibility index (Phi) is 2.63. The molecule has 0 unspecified atom stereocenters. The zero-order chi connectivity index (χ0) is 8.10. The molecule has 11 heavy (non-hydrogen) atoms. The molecule has 1 aromatic rings. The van der Waals surface area contributed by atoms with Crippen molar-refractivity contribution in [3.8, 4) is 0 Å². The van der Waals surface area contributed by atoms with Crippen LogP contribution in [0.25, 0.3) is 6.08 Å². The van der Waals surface area contributed by atoms with E-state index in [1.165, 1.54) is 0 Å². The number of hydrogen-bond acceptors (Lipinski definition) is 3. The normalized spacial score (nSPS) is 10.6. The second kappa shape index (κ2) is 3.73. The molecule has 0 aliphatic rings. The number of anilines is 1. The van der Waals surface area contributed by atoms with Crippen molar-refractivity contribution in [1.29, 1.82) is 0 Å². The minimum absolute atomic E-state index is 0.0243. The Balaban J connectivity index is 2.79. The van der Waals surface area contributed by atoms with E-state index in [4.69, 9.17) is 10.8 Å². The summed E-state index contributed by atoms with van der Waals surface area (Å²) in [5.74, 6) is 0.491. The third-order valence-electron chi connectivity index (χ3n) is 1.19. The summed E-state index contributed by atoms with van der Waals surface area (Å²) in [5.41, 5.74) is 6.19. The highest BCUT2D eigenvalue weighted by Crippen LogP contribution is 2.01. The van der Waals surface area contributed by atoms with Crippen LogP contribution >= 0.6 is 0 Å². The van der Waals surface area contributed by atoms with Crippen LogP contribution in [0.2, 0.25) is 0 Å². The highest BCUT2D eigenvalue weighted by atomic mass is 16.2. The number of hydrogen-bond donors (Lipinski definition) is 2. The summed E-state index contributed by atoms with van der Waals surface area (Å²) in [6, 6.07) is 5.36. The van der Waals surface area contributed by atoms with Crippen LogP contribution < -0.4 is 5.73 Å². The monoisotopic (exact) mass is 150 g/mol. The minimum Gasteiger partial charge on any atom is -0.392 e. The molecule has 1 rings (SSSR count). The second-order valence-corrected chi connectivity index (χ2v) is 2.07. The SMILES string of the molecule is Nc1cccc(C=CCO)n1. The van der Waals surface area contributed by atoms with Gasteiger partial charge in [0.15, 0.2) is 0 Å². The molecule has 3 heteroatoms. The molecule has 0 bridgehead atoms. The summed E-state index contributed by atoms with van der Waals surface area (Å²) in [4.78, 5) is 3.99. The van der Waals surface area contributed by atoms with Gasteiger partial charge >= 0.3 is 0 Å². The number of aliphatic hydroxyl groups excluding tert-OH is 1. The Morgan fingerprint density at radius 3 is 3.00 bits per heavy atom. The van der Waals surface area contributed by atoms with Crippen molar-refractivity contribution in [2.24, 2.45) is 0 Å². The maximum atomic E-state index is 8.45. The van der Waals surface area contributed by atoms with Crippen LogP contribution in [0.15, 0.2) is 24.3 Å². The first-order valence-corrected chi connectivity index (χ1v) is 3.33. The van der Waals surface area contributed by atoms with Gasteiger partial charge in [-0.1, -0.05) is 12.1 Å². The Labute approximate surface area is 65.2 Å². The zero-order valence-corrected chi connectivity index (χ0v) is 6.07. The first-order valence-electron chi connectivity index (χ1n) is 3.33. The molecule has 0 atom stereocenters. The van der Waals surface area contributed by atoms with Gasteiger partial charge in [0.05, 0.1) is 12.3 Å². The van der Waals surface area contributed by atoms with E-state index in [1.807, 2.05) is 12.1 Å². The summed E-state index contributed by atoms with van der Waals surface area (Å²) >= 11 is 0. The van der Waals surface area contributed by atoms with Gasteiger partial charge in [-0.15, -0.1) is 0 Å². The lowest BCUT2D eigenvalue weighted by molar-refractivity contribution is 0.343. The van der Waals surface area contributed by atoms with Gasteiger partial charge in [-0.2, -0.15) is 0 Å². The molecule has 1 aromatic heterocycles. The van der Waals surface area contributed by atoms with Gasteiger partial charge in [0.1, 0.15) is 5.82 Å². The van der Waals surface area contributed by atoms with Crippen molar-refractivity contribution < 1.29 is 5.11 Å². The van der Waals surface area contributed by atoms with Crippen molar-refractivity contribution in [1.82, 2.24) is 4.98 Å². The quantitative estimate of drug-likeness (QED) is 0.651. The van der Waals surface area contributed by atoms with Crippen LogP contribution in [-0.2, 0) is 0 Å². The number of nitrogens with zero attached hydrogens (tertiary/aromatic N) is 1.